The molecule has 1 aliphatic heterocycles. The van der Waals surface area contributed by atoms with E-state index in [1.165, 1.54) is 12.5 Å². The number of hydrogen-bond acceptors (Lipinski definition) is 4. The Hall–Kier alpha value is -2.80. The molecule has 3 N–H and O–H groups in total. The molecule has 7 nitrogen and oxygen atoms in total. The SMILES string of the molecule is O=C(NCC1CCCO1)Nc1cccc(NC(=O)c2ccoc2)c1. The summed E-state index contributed by atoms with van der Waals surface area (Å²) < 4.78 is 10.3. The number of benzene rings is 1. The van der Waals surface area contributed by atoms with Crippen molar-refractivity contribution in [2.75, 3.05) is 23.8 Å². The number of amides is 3. The Labute approximate surface area is 139 Å². The number of furan rings is 1. The minimum Gasteiger partial charge on any atom is -0.472 e. The van der Waals surface area contributed by atoms with Crippen LogP contribution in [0, 0.1) is 0 Å². The molecule has 1 aliphatic rings. The van der Waals surface area contributed by atoms with Crippen LogP contribution in [0.4, 0.5) is 16.2 Å². The Kier molecular flexibility index (Phi) is 5.12. The maximum atomic E-state index is 12.0. The normalized spacial score (nSPS) is 16.6. The Morgan fingerprint density at radius 2 is 2.00 bits per heavy atom. The molecule has 126 valence electrons. The predicted molar refractivity (Wildman–Crippen MR) is 89.1 cm³/mol. The summed E-state index contributed by atoms with van der Waals surface area (Å²) in [6.45, 7) is 1.25. The van der Waals surface area contributed by atoms with Gasteiger partial charge >= 0.3 is 6.03 Å². The number of urea groups is 1. The van der Waals surface area contributed by atoms with Crippen molar-refractivity contribution < 1.29 is 18.7 Å². The second kappa shape index (κ2) is 7.65. The van der Waals surface area contributed by atoms with Gasteiger partial charge in [-0.3, -0.25) is 4.79 Å². The first-order valence-corrected chi connectivity index (χ1v) is 7.81. The molecule has 0 saturated carbocycles. The van der Waals surface area contributed by atoms with Crippen LogP contribution < -0.4 is 16.0 Å². The van der Waals surface area contributed by atoms with Crippen LogP contribution in [0.3, 0.4) is 0 Å². The van der Waals surface area contributed by atoms with Crippen LogP contribution in [0.1, 0.15) is 23.2 Å². The summed E-state index contributed by atoms with van der Waals surface area (Å²) in [5.41, 5.74) is 1.60. The van der Waals surface area contributed by atoms with E-state index in [4.69, 9.17) is 9.15 Å². The molecule has 1 saturated heterocycles. The zero-order chi connectivity index (χ0) is 16.8. The fourth-order valence-electron chi connectivity index (χ4n) is 2.46. The van der Waals surface area contributed by atoms with Crippen LogP contribution in [0.15, 0.2) is 47.3 Å². The standard InChI is InChI=1S/C17H19N3O4/c21-16(12-6-8-23-11-12)19-13-3-1-4-14(9-13)20-17(22)18-10-15-5-2-7-24-15/h1,3-4,6,8-9,11,15H,2,5,7,10H2,(H,19,21)(H2,18,20,22). The minimum absolute atomic E-state index is 0.0938. The molecule has 0 aliphatic carbocycles. The van der Waals surface area contributed by atoms with Crippen molar-refractivity contribution in [1.82, 2.24) is 5.32 Å². The predicted octanol–water partition coefficient (Wildman–Crippen LogP) is 2.83. The molecule has 7 heteroatoms. The molecule has 2 heterocycles. The van der Waals surface area contributed by atoms with Crippen molar-refractivity contribution in [3.63, 3.8) is 0 Å². The number of carbonyl (C=O) groups is 2. The van der Waals surface area contributed by atoms with Gasteiger partial charge in [0.2, 0.25) is 0 Å². The first kappa shape index (κ1) is 16.1. The van der Waals surface area contributed by atoms with Crippen molar-refractivity contribution in [2.24, 2.45) is 0 Å². The van der Waals surface area contributed by atoms with Crippen molar-refractivity contribution in [2.45, 2.75) is 18.9 Å². The monoisotopic (exact) mass is 329 g/mol. The lowest BCUT2D eigenvalue weighted by Crippen LogP contribution is -2.35. The quantitative estimate of drug-likeness (QED) is 0.786. The van der Waals surface area contributed by atoms with Gasteiger partial charge < -0.3 is 25.1 Å². The van der Waals surface area contributed by atoms with E-state index >= 15 is 0 Å². The largest absolute Gasteiger partial charge is 0.472 e. The van der Waals surface area contributed by atoms with Gasteiger partial charge in [-0.25, -0.2) is 4.79 Å². The number of anilines is 2. The summed E-state index contributed by atoms with van der Waals surface area (Å²) >= 11 is 0. The molecule has 0 radical (unpaired) electrons. The average Bonchev–Trinajstić information content (AvgIpc) is 3.27. The molecule has 1 unspecified atom stereocenters. The molecule has 2 aromatic rings. The van der Waals surface area contributed by atoms with E-state index in [1.807, 2.05) is 0 Å². The van der Waals surface area contributed by atoms with E-state index in [0.29, 0.717) is 23.5 Å². The summed E-state index contributed by atoms with van der Waals surface area (Å²) in [6.07, 6.45) is 4.90. The summed E-state index contributed by atoms with van der Waals surface area (Å²) in [6, 6.07) is 8.20. The van der Waals surface area contributed by atoms with Gasteiger partial charge in [-0.05, 0) is 37.1 Å². The Balaban J connectivity index is 1.52. The molecule has 0 spiro atoms. The van der Waals surface area contributed by atoms with Crippen LogP contribution in [-0.4, -0.2) is 31.2 Å². The smallest absolute Gasteiger partial charge is 0.319 e. The molecule has 24 heavy (non-hydrogen) atoms. The Morgan fingerprint density at radius 3 is 2.71 bits per heavy atom. The van der Waals surface area contributed by atoms with Crippen LogP contribution in [0.25, 0.3) is 0 Å². The summed E-state index contributed by atoms with van der Waals surface area (Å²) in [5, 5.41) is 8.26. The van der Waals surface area contributed by atoms with Crippen molar-refractivity contribution in [3.8, 4) is 0 Å². The highest BCUT2D eigenvalue weighted by Gasteiger charge is 2.16. The number of nitrogens with one attached hydrogen (secondary N) is 3. The zero-order valence-corrected chi connectivity index (χ0v) is 13.1. The number of carbonyl (C=O) groups excluding carboxylic acids is 2. The lowest BCUT2D eigenvalue weighted by Gasteiger charge is -2.12. The highest BCUT2D eigenvalue weighted by Crippen LogP contribution is 2.16. The lowest BCUT2D eigenvalue weighted by atomic mass is 10.2. The van der Waals surface area contributed by atoms with Crippen LogP contribution in [-0.2, 0) is 4.74 Å². The minimum atomic E-state index is -0.302. The van der Waals surface area contributed by atoms with Crippen molar-refractivity contribution in [1.29, 1.82) is 0 Å². The molecule has 0 bridgehead atoms. The van der Waals surface area contributed by atoms with E-state index in [1.54, 1.807) is 30.3 Å². The van der Waals surface area contributed by atoms with Gasteiger partial charge in [-0.2, -0.15) is 0 Å². The zero-order valence-electron chi connectivity index (χ0n) is 13.1. The molecule has 1 fully saturated rings. The molecule has 3 rings (SSSR count). The topological polar surface area (TPSA) is 92.6 Å². The molecular formula is C17H19N3O4. The third-order valence-electron chi connectivity index (χ3n) is 3.68. The average molecular weight is 329 g/mol. The van der Waals surface area contributed by atoms with Crippen molar-refractivity contribution >= 4 is 23.3 Å². The van der Waals surface area contributed by atoms with Crippen LogP contribution in [0.5, 0.6) is 0 Å². The van der Waals surface area contributed by atoms with Gasteiger partial charge in [-0.15, -0.1) is 0 Å². The molecule has 1 aromatic heterocycles. The van der Waals surface area contributed by atoms with Crippen LogP contribution >= 0.6 is 0 Å². The third-order valence-corrected chi connectivity index (χ3v) is 3.68. The second-order valence-corrected chi connectivity index (χ2v) is 5.52. The van der Waals surface area contributed by atoms with Gasteiger partial charge in [-0.1, -0.05) is 6.07 Å². The van der Waals surface area contributed by atoms with Gasteiger partial charge in [0.05, 0.1) is 17.9 Å². The highest BCUT2D eigenvalue weighted by molar-refractivity contribution is 6.04. The molecule has 3 amide bonds. The number of hydrogen-bond donors (Lipinski definition) is 3. The summed E-state index contributed by atoms with van der Waals surface area (Å²) in [7, 11) is 0. The van der Waals surface area contributed by atoms with Crippen LogP contribution in [0.2, 0.25) is 0 Å². The van der Waals surface area contributed by atoms with E-state index in [0.717, 1.165) is 19.4 Å². The van der Waals surface area contributed by atoms with E-state index in [2.05, 4.69) is 16.0 Å². The number of ether oxygens (including phenoxy) is 1. The first-order chi connectivity index (χ1) is 11.7. The summed E-state index contributed by atoms with van der Waals surface area (Å²) in [5.74, 6) is -0.274. The highest BCUT2D eigenvalue weighted by atomic mass is 16.5. The van der Waals surface area contributed by atoms with Gasteiger partial charge in [0.15, 0.2) is 0 Å². The number of rotatable bonds is 5. The van der Waals surface area contributed by atoms with Gasteiger partial charge in [0, 0.05) is 24.5 Å². The first-order valence-electron chi connectivity index (χ1n) is 7.81. The summed E-state index contributed by atoms with van der Waals surface area (Å²) in [4.78, 5) is 23.9. The van der Waals surface area contributed by atoms with E-state index in [-0.39, 0.29) is 18.0 Å². The van der Waals surface area contributed by atoms with E-state index < -0.39 is 0 Å². The van der Waals surface area contributed by atoms with Gasteiger partial charge in [0.1, 0.15) is 6.26 Å². The van der Waals surface area contributed by atoms with Crippen molar-refractivity contribution in [3.05, 3.63) is 48.4 Å². The Morgan fingerprint density at radius 1 is 1.17 bits per heavy atom. The maximum Gasteiger partial charge on any atom is 0.319 e. The fraction of sp³-hybridized carbons (Fsp3) is 0.294. The lowest BCUT2D eigenvalue weighted by molar-refractivity contribution is 0.102. The molecule has 1 aromatic carbocycles. The second-order valence-electron chi connectivity index (χ2n) is 5.52. The molecular weight excluding hydrogens is 310 g/mol. The Bertz CT molecular complexity index is 694. The third kappa shape index (κ3) is 4.36. The molecule has 1 atom stereocenters. The van der Waals surface area contributed by atoms with Gasteiger partial charge in [0.25, 0.3) is 5.91 Å². The maximum absolute atomic E-state index is 12.0. The fourth-order valence-corrected chi connectivity index (χ4v) is 2.46. The van der Waals surface area contributed by atoms with E-state index in [9.17, 15) is 9.59 Å².